The van der Waals surface area contributed by atoms with Gasteiger partial charge in [-0.1, -0.05) is 24.6 Å². The van der Waals surface area contributed by atoms with E-state index in [9.17, 15) is 9.59 Å². The predicted molar refractivity (Wildman–Crippen MR) is 65.0 cm³/mol. The molecular weight excluding hydrogens is 218 g/mol. The van der Waals surface area contributed by atoms with E-state index in [2.05, 4.69) is 5.32 Å². The normalized spacial score (nSPS) is 11.9. The number of hydrogen-bond acceptors (Lipinski definition) is 2. The molecule has 2 N–H and O–H groups in total. The van der Waals surface area contributed by atoms with E-state index in [0.29, 0.717) is 12.0 Å². The predicted octanol–water partition coefficient (Wildman–Crippen LogP) is 1.98. The quantitative estimate of drug-likeness (QED) is 0.820. The molecule has 0 bridgehead atoms. The standard InChI is InChI=1S/C13H17NO3/c1-3-11(8-12(15)16)14-13(17)10-6-4-9(2)5-7-10/h4-7,11H,3,8H2,1-2H3,(H,14,17)(H,15,16). The number of nitrogens with one attached hydrogen (secondary N) is 1. The molecule has 92 valence electrons. The maximum Gasteiger partial charge on any atom is 0.305 e. The number of hydrogen-bond donors (Lipinski definition) is 2. The molecule has 4 nitrogen and oxygen atoms in total. The average molecular weight is 235 g/mol. The van der Waals surface area contributed by atoms with Crippen molar-refractivity contribution in [2.24, 2.45) is 0 Å². The van der Waals surface area contributed by atoms with Gasteiger partial charge in [-0.25, -0.2) is 0 Å². The number of amides is 1. The Kier molecular flexibility index (Phi) is 4.69. The van der Waals surface area contributed by atoms with Gasteiger partial charge in [0.2, 0.25) is 0 Å². The van der Waals surface area contributed by atoms with Crippen LogP contribution in [-0.4, -0.2) is 23.0 Å². The molecule has 0 aliphatic carbocycles. The lowest BCUT2D eigenvalue weighted by Gasteiger charge is -2.14. The number of carboxylic acid groups (broad SMARTS) is 1. The van der Waals surface area contributed by atoms with Crippen LogP contribution in [0.1, 0.15) is 35.7 Å². The lowest BCUT2D eigenvalue weighted by atomic mass is 10.1. The van der Waals surface area contributed by atoms with Crippen LogP contribution in [-0.2, 0) is 4.79 Å². The van der Waals surface area contributed by atoms with Gasteiger partial charge in [-0.2, -0.15) is 0 Å². The fraction of sp³-hybridized carbons (Fsp3) is 0.385. The fourth-order valence-corrected chi connectivity index (χ4v) is 1.48. The summed E-state index contributed by atoms with van der Waals surface area (Å²) in [4.78, 5) is 22.4. The highest BCUT2D eigenvalue weighted by Crippen LogP contribution is 2.05. The Hall–Kier alpha value is -1.84. The van der Waals surface area contributed by atoms with E-state index in [0.717, 1.165) is 5.56 Å². The fourth-order valence-electron chi connectivity index (χ4n) is 1.48. The van der Waals surface area contributed by atoms with Gasteiger partial charge < -0.3 is 10.4 Å². The summed E-state index contributed by atoms with van der Waals surface area (Å²) >= 11 is 0. The number of carbonyl (C=O) groups is 2. The van der Waals surface area contributed by atoms with Gasteiger partial charge in [-0.05, 0) is 25.5 Å². The third-order valence-electron chi connectivity index (χ3n) is 2.56. The molecule has 0 aliphatic heterocycles. The summed E-state index contributed by atoms with van der Waals surface area (Å²) in [5.41, 5.74) is 1.64. The highest BCUT2D eigenvalue weighted by atomic mass is 16.4. The maximum absolute atomic E-state index is 11.8. The molecule has 0 aliphatic rings. The van der Waals surface area contributed by atoms with E-state index in [1.54, 1.807) is 12.1 Å². The van der Waals surface area contributed by atoms with Gasteiger partial charge in [0.1, 0.15) is 0 Å². The molecule has 4 heteroatoms. The Morgan fingerprint density at radius 2 is 1.88 bits per heavy atom. The van der Waals surface area contributed by atoms with Crippen molar-refractivity contribution in [2.45, 2.75) is 32.7 Å². The Morgan fingerprint density at radius 3 is 2.35 bits per heavy atom. The van der Waals surface area contributed by atoms with Gasteiger partial charge in [0.15, 0.2) is 0 Å². The van der Waals surface area contributed by atoms with Gasteiger partial charge in [-0.15, -0.1) is 0 Å². The summed E-state index contributed by atoms with van der Waals surface area (Å²) < 4.78 is 0. The first-order valence-electron chi connectivity index (χ1n) is 5.62. The van der Waals surface area contributed by atoms with Crippen LogP contribution in [0.2, 0.25) is 0 Å². The summed E-state index contributed by atoms with van der Waals surface area (Å²) in [6, 6.07) is 6.86. The Balaban J connectivity index is 2.64. The molecule has 0 aromatic heterocycles. The van der Waals surface area contributed by atoms with E-state index >= 15 is 0 Å². The molecule has 1 unspecified atom stereocenters. The van der Waals surface area contributed by atoms with Crippen LogP contribution in [0.5, 0.6) is 0 Å². The summed E-state index contributed by atoms with van der Waals surface area (Å²) in [5.74, 6) is -1.13. The first-order valence-corrected chi connectivity index (χ1v) is 5.62. The molecule has 0 fully saturated rings. The summed E-state index contributed by atoms with van der Waals surface area (Å²) in [7, 11) is 0. The van der Waals surface area contributed by atoms with Gasteiger partial charge in [0.05, 0.1) is 6.42 Å². The monoisotopic (exact) mass is 235 g/mol. The Morgan fingerprint density at radius 1 is 1.29 bits per heavy atom. The zero-order valence-electron chi connectivity index (χ0n) is 10.1. The highest BCUT2D eigenvalue weighted by Gasteiger charge is 2.14. The topological polar surface area (TPSA) is 66.4 Å². The van der Waals surface area contributed by atoms with Crippen LogP contribution in [0.4, 0.5) is 0 Å². The SMILES string of the molecule is CCC(CC(=O)O)NC(=O)c1ccc(C)cc1. The van der Waals surface area contributed by atoms with Gasteiger partial charge in [0.25, 0.3) is 5.91 Å². The summed E-state index contributed by atoms with van der Waals surface area (Å²) in [6.45, 7) is 3.80. The number of benzene rings is 1. The second-order valence-corrected chi connectivity index (χ2v) is 4.04. The molecule has 0 saturated heterocycles. The van der Waals surface area contributed by atoms with Crippen molar-refractivity contribution < 1.29 is 14.7 Å². The van der Waals surface area contributed by atoms with Crippen molar-refractivity contribution in [3.8, 4) is 0 Å². The molecule has 1 atom stereocenters. The lowest BCUT2D eigenvalue weighted by Crippen LogP contribution is -2.35. The van der Waals surface area contributed by atoms with Crippen molar-refractivity contribution in [3.63, 3.8) is 0 Å². The summed E-state index contributed by atoms with van der Waals surface area (Å²) in [5, 5.41) is 11.4. The first kappa shape index (κ1) is 13.2. The van der Waals surface area contributed by atoms with Gasteiger partial charge in [-0.3, -0.25) is 9.59 Å². The van der Waals surface area contributed by atoms with Crippen LogP contribution in [0.25, 0.3) is 0 Å². The zero-order chi connectivity index (χ0) is 12.8. The minimum absolute atomic E-state index is 0.0475. The van der Waals surface area contributed by atoms with Crippen molar-refractivity contribution in [3.05, 3.63) is 35.4 Å². The van der Waals surface area contributed by atoms with Crippen molar-refractivity contribution in [1.82, 2.24) is 5.32 Å². The molecule has 0 radical (unpaired) electrons. The van der Waals surface area contributed by atoms with Crippen molar-refractivity contribution >= 4 is 11.9 Å². The maximum atomic E-state index is 11.8. The number of aliphatic carboxylic acids is 1. The Labute approximate surface area is 101 Å². The summed E-state index contributed by atoms with van der Waals surface area (Å²) in [6.07, 6.45) is 0.554. The molecule has 1 aromatic carbocycles. The van der Waals surface area contributed by atoms with Gasteiger partial charge >= 0.3 is 5.97 Å². The molecular formula is C13H17NO3. The number of aryl methyl sites for hydroxylation is 1. The molecule has 1 amide bonds. The smallest absolute Gasteiger partial charge is 0.305 e. The number of carboxylic acids is 1. The molecule has 0 spiro atoms. The van der Waals surface area contributed by atoms with Crippen LogP contribution in [0, 0.1) is 6.92 Å². The van der Waals surface area contributed by atoms with Crippen LogP contribution in [0.3, 0.4) is 0 Å². The second kappa shape index (κ2) is 6.03. The molecule has 1 aromatic rings. The van der Waals surface area contributed by atoms with E-state index in [-0.39, 0.29) is 18.4 Å². The first-order chi connectivity index (χ1) is 8.02. The Bertz CT molecular complexity index is 398. The van der Waals surface area contributed by atoms with E-state index < -0.39 is 5.97 Å². The second-order valence-electron chi connectivity index (χ2n) is 4.04. The zero-order valence-corrected chi connectivity index (χ0v) is 10.1. The largest absolute Gasteiger partial charge is 0.481 e. The highest BCUT2D eigenvalue weighted by molar-refractivity contribution is 5.94. The van der Waals surface area contributed by atoms with E-state index in [4.69, 9.17) is 5.11 Å². The van der Waals surface area contributed by atoms with Crippen molar-refractivity contribution in [2.75, 3.05) is 0 Å². The van der Waals surface area contributed by atoms with Crippen molar-refractivity contribution in [1.29, 1.82) is 0 Å². The minimum atomic E-state index is -0.902. The average Bonchev–Trinajstić information content (AvgIpc) is 2.28. The van der Waals surface area contributed by atoms with Crippen LogP contribution < -0.4 is 5.32 Å². The van der Waals surface area contributed by atoms with E-state index in [1.807, 2.05) is 26.0 Å². The molecule has 17 heavy (non-hydrogen) atoms. The number of carbonyl (C=O) groups excluding carboxylic acids is 1. The third-order valence-corrected chi connectivity index (χ3v) is 2.56. The van der Waals surface area contributed by atoms with Crippen LogP contribution >= 0.6 is 0 Å². The minimum Gasteiger partial charge on any atom is -0.481 e. The number of rotatable bonds is 5. The molecule has 0 saturated carbocycles. The van der Waals surface area contributed by atoms with Gasteiger partial charge in [0, 0.05) is 11.6 Å². The molecule has 1 rings (SSSR count). The lowest BCUT2D eigenvalue weighted by molar-refractivity contribution is -0.137. The van der Waals surface area contributed by atoms with Crippen LogP contribution in [0.15, 0.2) is 24.3 Å². The molecule has 0 heterocycles. The third kappa shape index (κ3) is 4.26. The van der Waals surface area contributed by atoms with E-state index in [1.165, 1.54) is 0 Å².